The zero-order chi connectivity index (χ0) is 9.23. The molecule has 0 aromatic carbocycles. The second-order valence-corrected chi connectivity index (χ2v) is 4.50. The summed E-state index contributed by atoms with van der Waals surface area (Å²) in [5.41, 5.74) is 0. The quantitative estimate of drug-likeness (QED) is 0.550. The van der Waals surface area contributed by atoms with Crippen molar-refractivity contribution >= 4 is 10.8 Å². The van der Waals surface area contributed by atoms with Gasteiger partial charge in [-0.25, -0.2) is 0 Å². The largest absolute Gasteiger partial charge is 0.381 e. The SMILES string of the molecule is CCCCCOCCCS(C)=O. The molecule has 0 aliphatic rings. The lowest BCUT2D eigenvalue weighted by Crippen LogP contribution is -2.02. The van der Waals surface area contributed by atoms with Crippen molar-refractivity contribution in [2.75, 3.05) is 25.2 Å². The van der Waals surface area contributed by atoms with E-state index in [1.165, 1.54) is 12.8 Å². The van der Waals surface area contributed by atoms with E-state index >= 15 is 0 Å². The summed E-state index contributed by atoms with van der Waals surface area (Å²) >= 11 is 0. The van der Waals surface area contributed by atoms with Crippen LogP contribution in [-0.2, 0) is 15.5 Å². The molecule has 74 valence electrons. The summed E-state index contributed by atoms with van der Waals surface area (Å²) in [5, 5.41) is 0. The molecule has 0 aromatic heterocycles. The van der Waals surface area contributed by atoms with E-state index in [0.29, 0.717) is 0 Å². The smallest absolute Gasteiger partial charge is 0.0474 e. The summed E-state index contributed by atoms with van der Waals surface area (Å²) in [7, 11) is -0.654. The average molecular weight is 192 g/mol. The van der Waals surface area contributed by atoms with Crippen LogP contribution in [0.15, 0.2) is 0 Å². The molecule has 0 saturated heterocycles. The monoisotopic (exact) mass is 192 g/mol. The van der Waals surface area contributed by atoms with Crippen LogP contribution < -0.4 is 0 Å². The Bertz CT molecular complexity index is 115. The molecule has 12 heavy (non-hydrogen) atoms. The Hall–Kier alpha value is 0.110. The lowest BCUT2D eigenvalue weighted by molar-refractivity contribution is 0.131. The highest BCUT2D eigenvalue weighted by molar-refractivity contribution is 7.84. The Morgan fingerprint density at radius 3 is 2.42 bits per heavy atom. The Morgan fingerprint density at radius 1 is 1.17 bits per heavy atom. The Balaban J connectivity index is 2.86. The molecule has 1 unspecified atom stereocenters. The van der Waals surface area contributed by atoms with Crippen molar-refractivity contribution in [1.29, 1.82) is 0 Å². The number of hydrogen-bond donors (Lipinski definition) is 0. The van der Waals surface area contributed by atoms with Crippen LogP contribution in [0.5, 0.6) is 0 Å². The van der Waals surface area contributed by atoms with Gasteiger partial charge >= 0.3 is 0 Å². The fraction of sp³-hybridized carbons (Fsp3) is 1.00. The molecule has 1 atom stereocenters. The van der Waals surface area contributed by atoms with Gasteiger partial charge in [-0.2, -0.15) is 0 Å². The molecule has 0 aliphatic heterocycles. The third kappa shape index (κ3) is 10.1. The van der Waals surface area contributed by atoms with Crippen LogP contribution in [0.2, 0.25) is 0 Å². The topological polar surface area (TPSA) is 26.3 Å². The standard InChI is InChI=1S/C9H20O2S/c1-3-4-5-7-11-8-6-9-12(2)10/h3-9H2,1-2H3. The lowest BCUT2D eigenvalue weighted by atomic mass is 10.3. The Labute approximate surface area is 78.1 Å². The van der Waals surface area contributed by atoms with E-state index in [0.717, 1.165) is 31.8 Å². The van der Waals surface area contributed by atoms with Crippen molar-refractivity contribution in [2.45, 2.75) is 32.6 Å². The van der Waals surface area contributed by atoms with Crippen molar-refractivity contribution < 1.29 is 8.95 Å². The van der Waals surface area contributed by atoms with Crippen LogP contribution in [0.3, 0.4) is 0 Å². The predicted octanol–water partition coefficient (Wildman–Crippen LogP) is 1.96. The zero-order valence-corrected chi connectivity index (χ0v) is 8.99. The maximum absolute atomic E-state index is 10.6. The molecule has 0 fully saturated rings. The highest BCUT2D eigenvalue weighted by Gasteiger charge is 1.92. The van der Waals surface area contributed by atoms with Crippen LogP contribution in [0.25, 0.3) is 0 Å². The molecule has 2 nitrogen and oxygen atoms in total. The van der Waals surface area contributed by atoms with E-state index < -0.39 is 10.8 Å². The Kier molecular flexibility index (Phi) is 9.28. The van der Waals surface area contributed by atoms with E-state index in [9.17, 15) is 4.21 Å². The summed E-state index contributed by atoms with van der Waals surface area (Å²) in [6.07, 6.45) is 6.31. The van der Waals surface area contributed by atoms with Crippen LogP contribution in [0.4, 0.5) is 0 Å². The second kappa shape index (κ2) is 9.20. The molecule has 0 aromatic rings. The fourth-order valence-corrected chi connectivity index (χ4v) is 1.44. The average Bonchev–Trinajstić information content (AvgIpc) is 2.02. The normalized spacial score (nSPS) is 13.2. The van der Waals surface area contributed by atoms with Gasteiger partial charge in [0, 0.05) is 36.0 Å². The van der Waals surface area contributed by atoms with Gasteiger partial charge in [-0.1, -0.05) is 19.8 Å². The first-order valence-corrected chi connectivity index (χ1v) is 6.38. The first-order valence-electron chi connectivity index (χ1n) is 4.65. The third-order valence-corrected chi connectivity index (χ3v) is 2.48. The summed E-state index contributed by atoms with van der Waals surface area (Å²) < 4.78 is 16.0. The van der Waals surface area contributed by atoms with Crippen molar-refractivity contribution in [1.82, 2.24) is 0 Å². The minimum absolute atomic E-state index is 0.654. The molecule has 0 aliphatic carbocycles. The number of unbranched alkanes of at least 4 members (excludes halogenated alkanes) is 2. The second-order valence-electron chi connectivity index (χ2n) is 2.95. The summed E-state index contributed by atoms with van der Waals surface area (Å²) in [6, 6.07) is 0. The lowest BCUT2D eigenvalue weighted by Gasteiger charge is -2.01. The van der Waals surface area contributed by atoms with E-state index in [2.05, 4.69) is 6.92 Å². The zero-order valence-electron chi connectivity index (χ0n) is 8.17. The van der Waals surface area contributed by atoms with Crippen LogP contribution in [0, 0.1) is 0 Å². The predicted molar refractivity (Wildman–Crippen MR) is 53.9 cm³/mol. The maximum atomic E-state index is 10.6. The highest BCUT2D eigenvalue weighted by atomic mass is 32.2. The van der Waals surface area contributed by atoms with E-state index in [-0.39, 0.29) is 0 Å². The van der Waals surface area contributed by atoms with Crippen molar-refractivity contribution in [3.05, 3.63) is 0 Å². The minimum atomic E-state index is -0.654. The minimum Gasteiger partial charge on any atom is -0.381 e. The van der Waals surface area contributed by atoms with Gasteiger partial charge in [0.25, 0.3) is 0 Å². The molecule has 0 radical (unpaired) electrons. The van der Waals surface area contributed by atoms with E-state index in [1.807, 2.05) is 0 Å². The van der Waals surface area contributed by atoms with Crippen LogP contribution >= 0.6 is 0 Å². The molecule has 0 spiro atoms. The summed E-state index contributed by atoms with van der Waals surface area (Å²) in [4.78, 5) is 0. The van der Waals surface area contributed by atoms with Gasteiger partial charge in [-0.15, -0.1) is 0 Å². The van der Waals surface area contributed by atoms with Gasteiger partial charge < -0.3 is 4.74 Å². The van der Waals surface area contributed by atoms with E-state index in [4.69, 9.17) is 4.74 Å². The van der Waals surface area contributed by atoms with Gasteiger partial charge in [0.1, 0.15) is 0 Å². The molecular formula is C9H20O2S. The summed E-state index contributed by atoms with van der Waals surface area (Å²) in [6.45, 7) is 3.81. The number of ether oxygens (including phenoxy) is 1. The molecule has 0 heterocycles. The van der Waals surface area contributed by atoms with Gasteiger partial charge in [-0.05, 0) is 12.8 Å². The highest BCUT2D eigenvalue weighted by Crippen LogP contribution is 1.94. The van der Waals surface area contributed by atoms with Crippen molar-refractivity contribution in [3.8, 4) is 0 Å². The van der Waals surface area contributed by atoms with Crippen LogP contribution in [-0.4, -0.2) is 29.4 Å². The number of hydrogen-bond acceptors (Lipinski definition) is 2. The molecule has 0 N–H and O–H groups in total. The molecule has 3 heteroatoms. The maximum Gasteiger partial charge on any atom is 0.0474 e. The first kappa shape index (κ1) is 12.1. The van der Waals surface area contributed by atoms with Crippen molar-refractivity contribution in [3.63, 3.8) is 0 Å². The number of rotatable bonds is 8. The Morgan fingerprint density at radius 2 is 1.83 bits per heavy atom. The molecule has 0 bridgehead atoms. The van der Waals surface area contributed by atoms with Crippen LogP contribution in [0.1, 0.15) is 32.6 Å². The van der Waals surface area contributed by atoms with E-state index in [1.54, 1.807) is 6.26 Å². The third-order valence-electron chi connectivity index (χ3n) is 1.61. The summed E-state index contributed by atoms with van der Waals surface area (Å²) in [5.74, 6) is 0.772. The molecule has 0 rings (SSSR count). The van der Waals surface area contributed by atoms with Gasteiger partial charge in [0.2, 0.25) is 0 Å². The molecule has 0 saturated carbocycles. The first-order chi connectivity index (χ1) is 5.77. The van der Waals surface area contributed by atoms with Gasteiger partial charge in [0.05, 0.1) is 0 Å². The fourth-order valence-electron chi connectivity index (χ4n) is 0.920. The van der Waals surface area contributed by atoms with Gasteiger partial charge in [0.15, 0.2) is 0 Å². The van der Waals surface area contributed by atoms with Crippen molar-refractivity contribution in [2.24, 2.45) is 0 Å². The molecule has 0 amide bonds. The van der Waals surface area contributed by atoms with Gasteiger partial charge in [-0.3, -0.25) is 4.21 Å². The molecular weight excluding hydrogens is 172 g/mol.